The number of aromatic nitrogens is 3. The minimum atomic E-state index is -4.68. The van der Waals surface area contributed by atoms with Crippen LogP contribution in [0, 0.1) is 13.8 Å². The van der Waals surface area contributed by atoms with Crippen LogP contribution in [0.2, 0.25) is 0 Å². The predicted molar refractivity (Wildman–Crippen MR) is 144 cm³/mol. The molecular weight excluding hydrogens is 581 g/mol. The smallest absolute Gasteiger partial charge is 0.434 e. The lowest BCUT2D eigenvalue weighted by atomic mass is 9.98. The molecule has 0 aliphatic heterocycles. The topological polar surface area (TPSA) is 87.2 Å². The van der Waals surface area contributed by atoms with E-state index in [0.717, 1.165) is 12.5 Å². The van der Waals surface area contributed by atoms with Crippen molar-refractivity contribution in [2.24, 2.45) is 0 Å². The molecule has 0 aliphatic rings. The largest absolute Gasteiger partial charge is 0.440 e. The number of nitrogens with zero attached hydrogens (tertiary/aromatic N) is 3. The van der Waals surface area contributed by atoms with Gasteiger partial charge in [0.05, 0.1) is 10.6 Å². The number of imidazole rings is 1. The van der Waals surface area contributed by atoms with Gasteiger partial charge in [0.1, 0.15) is 17.3 Å². The van der Waals surface area contributed by atoms with E-state index in [-0.39, 0.29) is 33.8 Å². The van der Waals surface area contributed by atoms with Crippen LogP contribution in [0.3, 0.4) is 0 Å². The molecule has 13 heteroatoms. The molecule has 0 radical (unpaired) electrons. The minimum Gasteiger partial charge on any atom is -0.440 e. The van der Waals surface area contributed by atoms with Crippen molar-refractivity contribution in [2.75, 3.05) is 6.26 Å². The van der Waals surface area contributed by atoms with Gasteiger partial charge in [-0.1, -0.05) is 18.2 Å². The van der Waals surface area contributed by atoms with Crippen LogP contribution in [-0.4, -0.2) is 35.8 Å². The maximum Gasteiger partial charge on any atom is 0.434 e. The number of ether oxygens (including phenoxy) is 1. The molecule has 0 atom stereocenters. The Morgan fingerprint density at radius 3 is 2.19 bits per heavy atom. The normalized spacial score (nSPS) is 12.2. The number of hydrogen-bond donors (Lipinski definition) is 0. The summed E-state index contributed by atoms with van der Waals surface area (Å²) in [5.41, 5.74) is 1.39. The molecule has 3 aromatic carbocycles. The van der Waals surface area contributed by atoms with Crippen molar-refractivity contribution in [1.29, 1.82) is 0 Å². The van der Waals surface area contributed by atoms with Crippen LogP contribution >= 0.6 is 0 Å². The van der Waals surface area contributed by atoms with Gasteiger partial charge in [0, 0.05) is 30.5 Å². The molecular formula is C29H22F5N3O4S. The van der Waals surface area contributed by atoms with E-state index in [0.29, 0.717) is 27.9 Å². The zero-order valence-corrected chi connectivity index (χ0v) is 23.1. The molecule has 0 saturated heterocycles. The highest BCUT2D eigenvalue weighted by Crippen LogP contribution is 2.40. The Hall–Kier alpha value is -4.52. The summed E-state index contributed by atoms with van der Waals surface area (Å²) in [7, 11) is -3.52. The highest BCUT2D eigenvalue weighted by Gasteiger charge is 2.35. The SMILES string of the molecule is Cc1nc(-c2ccc(OC(F)F)cc2)c(-c2cc(-c3cccc(S(C)(=O)=O)c3)ccc2-n2cc(C(F)(F)F)nc2C)o1. The molecule has 0 bridgehead atoms. The molecule has 218 valence electrons. The van der Waals surface area contributed by atoms with E-state index in [9.17, 15) is 30.4 Å². The molecule has 2 aromatic heterocycles. The average molecular weight is 604 g/mol. The summed E-state index contributed by atoms with van der Waals surface area (Å²) in [6, 6.07) is 16.8. The summed E-state index contributed by atoms with van der Waals surface area (Å²) < 4.78 is 102. The summed E-state index contributed by atoms with van der Waals surface area (Å²) in [4.78, 5) is 8.23. The lowest BCUT2D eigenvalue weighted by Gasteiger charge is -2.14. The lowest BCUT2D eigenvalue weighted by Crippen LogP contribution is -2.05. The second kappa shape index (κ2) is 10.7. The average Bonchev–Trinajstić information content (AvgIpc) is 3.50. The number of alkyl halides is 5. The van der Waals surface area contributed by atoms with E-state index in [1.165, 1.54) is 47.9 Å². The van der Waals surface area contributed by atoms with Gasteiger partial charge < -0.3 is 13.7 Å². The fraction of sp³-hybridized carbons (Fsp3) is 0.172. The van der Waals surface area contributed by atoms with Crippen molar-refractivity contribution >= 4 is 9.84 Å². The first-order valence-corrected chi connectivity index (χ1v) is 14.2. The highest BCUT2D eigenvalue weighted by molar-refractivity contribution is 7.90. The van der Waals surface area contributed by atoms with Gasteiger partial charge >= 0.3 is 12.8 Å². The molecule has 5 aromatic rings. The second-order valence-corrected chi connectivity index (χ2v) is 11.4. The van der Waals surface area contributed by atoms with Crippen LogP contribution in [0.4, 0.5) is 22.0 Å². The van der Waals surface area contributed by atoms with Crippen LogP contribution in [0.1, 0.15) is 17.4 Å². The minimum absolute atomic E-state index is 0.0571. The second-order valence-electron chi connectivity index (χ2n) is 9.39. The van der Waals surface area contributed by atoms with E-state index in [4.69, 9.17) is 4.42 Å². The summed E-state index contributed by atoms with van der Waals surface area (Å²) in [6.45, 7) is 0.00806. The molecule has 2 heterocycles. The fourth-order valence-electron chi connectivity index (χ4n) is 4.47. The van der Waals surface area contributed by atoms with Crippen molar-refractivity contribution < 1.29 is 39.5 Å². The number of hydrogen-bond acceptors (Lipinski definition) is 6. The monoisotopic (exact) mass is 603 g/mol. The molecule has 5 rings (SSSR count). The first-order valence-electron chi connectivity index (χ1n) is 12.3. The van der Waals surface area contributed by atoms with Crippen LogP contribution in [0.15, 0.2) is 82.2 Å². The summed E-state index contributed by atoms with van der Waals surface area (Å²) in [5.74, 6) is 0.411. The standard InChI is InChI=1S/C29H22F5N3O4S/c1-16-35-25(29(32,33)34)15-37(16)24-12-9-20(19-5-4-6-22(13-19)42(3,38)39)14-23(24)27-26(36-17(2)40-27)18-7-10-21(11-8-18)41-28(30)31/h4-15,28H,1-3H3. The number of oxazole rings is 1. The summed E-state index contributed by atoms with van der Waals surface area (Å²) in [6.07, 6.45) is -2.72. The van der Waals surface area contributed by atoms with Crippen molar-refractivity contribution in [1.82, 2.24) is 14.5 Å². The predicted octanol–water partition coefficient (Wildman–Crippen LogP) is 7.50. The van der Waals surface area contributed by atoms with Gasteiger partial charge in [-0.25, -0.2) is 18.4 Å². The van der Waals surface area contributed by atoms with E-state index >= 15 is 0 Å². The Morgan fingerprint density at radius 2 is 1.57 bits per heavy atom. The van der Waals surface area contributed by atoms with Crippen LogP contribution in [0.25, 0.3) is 39.4 Å². The number of benzene rings is 3. The Bertz CT molecular complexity index is 1880. The van der Waals surface area contributed by atoms with Gasteiger partial charge in [-0.15, -0.1) is 0 Å². The van der Waals surface area contributed by atoms with Crippen molar-refractivity contribution in [3.8, 4) is 45.1 Å². The molecule has 0 aliphatic carbocycles. The zero-order valence-electron chi connectivity index (χ0n) is 22.3. The van der Waals surface area contributed by atoms with Crippen LogP contribution in [-0.2, 0) is 16.0 Å². The van der Waals surface area contributed by atoms with Gasteiger partial charge in [0.15, 0.2) is 27.2 Å². The molecule has 0 fully saturated rings. The maximum absolute atomic E-state index is 13.5. The van der Waals surface area contributed by atoms with Gasteiger partial charge in [0.2, 0.25) is 0 Å². The Morgan fingerprint density at radius 1 is 0.905 bits per heavy atom. The fourth-order valence-corrected chi connectivity index (χ4v) is 5.13. The molecule has 0 N–H and O–H groups in total. The number of halogens is 5. The molecule has 0 amide bonds. The number of sulfone groups is 1. The van der Waals surface area contributed by atoms with Gasteiger partial charge in [0.25, 0.3) is 0 Å². The van der Waals surface area contributed by atoms with Crippen LogP contribution in [0.5, 0.6) is 5.75 Å². The van der Waals surface area contributed by atoms with E-state index in [1.807, 2.05) is 0 Å². The number of rotatable bonds is 7. The Kier molecular flexibility index (Phi) is 7.39. The number of aryl methyl sites for hydroxylation is 2. The van der Waals surface area contributed by atoms with E-state index in [1.54, 1.807) is 37.3 Å². The van der Waals surface area contributed by atoms with Crippen molar-refractivity contribution in [2.45, 2.75) is 31.5 Å². The third-order valence-electron chi connectivity index (χ3n) is 6.36. The Balaban J connectivity index is 1.73. The summed E-state index contributed by atoms with van der Waals surface area (Å²) >= 11 is 0. The van der Waals surface area contributed by atoms with Crippen molar-refractivity contribution in [3.05, 3.63) is 90.3 Å². The van der Waals surface area contributed by atoms with Gasteiger partial charge in [-0.05, 0) is 66.6 Å². The highest BCUT2D eigenvalue weighted by atomic mass is 32.2. The maximum atomic E-state index is 13.5. The molecule has 42 heavy (non-hydrogen) atoms. The van der Waals surface area contributed by atoms with E-state index in [2.05, 4.69) is 14.7 Å². The first-order chi connectivity index (χ1) is 19.7. The van der Waals surface area contributed by atoms with Gasteiger partial charge in [-0.3, -0.25) is 0 Å². The quantitative estimate of drug-likeness (QED) is 0.179. The third kappa shape index (κ3) is 5.91. The van der Waals surface area contributed by atoms with Gasteiger partial charge in [-0.2, -0.15) is 22.0 Å². The third-order valence-corrected chi connectivity index (χ3v) is 7.47. The van der Waals surface area contributed by atoms with Crippen LogP contribution < -0.4 is 4.74 Å². The molecule has 0 unspecified atom stereocenters. The first kappa shape index (κ1) is 29.0. The zero-order chi connectivity index (χ0) is 30.4. The Labute approximate surface area is 237 Å². The molecule has 7 nitrogen and oxygen atoms in total. The lowest BCUT2D eigenvalue weighted by molar-refractivity contribution is -0.141. The molecule has 0 saturated carbocycles. The van der Waals surface area contributed by atoms with Crippen molar-refractivity contribution in [3.63, 3.8) is 0 Å². The summed E-state index contributed by atoms with van der Waals surface area (Å²) in [5, 5.41) is 0. The molecule has 0 spiro atoms. The van der Waals surface area contributed by atoms with E-state index < -0.39 is 28.3 Å².